The SMILES string of the molecule is CCNC(=O)CCNC(C)C. The summed E-state index contributed by atoms with van der Waals surface area (Å²) >= 11 is 0. The van der Waals surface area contributed by atoms with Gasteiger partial charge in [-0.2, -0.15) is 0 Å². The van der Waals surface area contributed by atoms with Crippen LogP contribution in [0.25, 0.3) is 0 Å². The summed E-state index contributed by atoms with van der Waals surface area (Å²) in [5.74, 6) is 0.126. The standard InChI is InChI=1S/C8H18N2O/c1-4-9-8(11)5-6-10-7(2)3/h7,10H,4-6H2,1-3H3,(H,9,11). The maximum absolute atomic E-state index is 10.9. The van der Waals surface area contributed by atoms with Crippen LogP contribution in [0.2, 0.25) is 0 Å². The minimum Gasteiger partial charge on any atom is -0.356 e. The van der Waals surface area contributed by atoms with Crippen LogP contribution in [0.1, 0.15) is 27.2 Å². The molecule has 1 amide bonds. The molecule has 0 bridgehead atoms. The highest BCUT2D eigenvalue weighted by Gasteiger charge is 1.98. The lowest BCUT2D eigenvalue weighted by Gasteiger charge is -2.06. The summed E-state index contributed by atoms with van der Waals surface area (Å²) in [7, 11) is 0. The van der Waals surface area contributed by atoms with E-state index in [-0.39, 0.29) is 5.91 Å². The van der Waals surface area contributed by atoms with Crippen molar-refractivity contribution in [1.29, 1.82) is 0 Å². The van der Waals surface area contributed by atoms with E-state index in [0.29, 0.717) is 12.5 Å². The smallest absolute Gasteiger partial charge is 0.221 e. The van der Waals surface area contributed by atoms with Gasteiger partial charge in [0.2, 0.25) is 5.91 Å². The highest BCUT2D eigenvalue weighted by molar-refractivity contribution is 5.75. The molecule has 3 heteroatoms. The van der Waals surface area contributed by atoms with E-state index >= 15 is 0 Å². The lowest BCUT2D eigenvalue weighted by molar-refractivity contribution is -0.120. The summed E-state index contributed by atoms with van der Waals surface area (Å²) in [6.07, 6.45) is 0.575. The number of nitrogens with one attached hydrogen (secondary N) is 2. The zero-order valence-electron chi connectivity index (χ0n) is 7.61. The second-order valence-electron chi connectivity index (χ2n) is 2.81. The molecular weight excluding hydrogens is 140 g/mol. The van der Waals surface area contributed by atoms with E-state index in [1.165, 1.54) is 0 Å². The van der Waals surface area contributed by atoms with Gasteiger partial charge in [0.25, 0.3) is 0 Å². The van der Waals surface area contributed by atoms with E-state index in [1.54, 1.807) is 0 Å². The van der Waals surface area contributed by atoms with Crippen molar-refractivity contribution in [1.82, 2.24) is 10.6 Å². The largest absolute Gasteiger partial charge is 0.356 e. The average molecular weight is 158 g/mol. The Morgan fingerprint density at radius 3 is 2.55 bits per heavy atom. The van der Waals surface area contributed by atoms with Gasteiger partial charge in [-0.1, -0.05) is 13.8 Å². The Bertz CT molecular complexity index is 113. The van der Waals surface area contributed by atoms with Crippen molar-refractivity contribution in [2.75, 3.05) is 13.1 Å². The number of hydrogen-bond donors (Lipinski definition) is 2. The fourth-order valence-corrected chi connectivity index (χ4v) is 0.760. The van der Waals surface area contributed by atoms with Gasteiger partial charge in [0.05, 0.1) is 0 Å². The zero-order valence-corrected chi connectivity index (χ0v) is 7.61. The van der Waals surface area contributed by atoms with Crippen molar-refractivity contribution in [3.05, 3.63) is 0 Å². The van der Waals surface area contributed by atoms with Gasteiger partial charge in [-0.25, -0.2) is 0 Å². The fourth-order valence-electron chi connectivity index (χ4n) is 0.760. The van der Waals surface area contributed by atoms with Gasteiger partial charge < -0.3 is 10.6 Å². The Morgan fingerprint density at radius 1 is 1.45 bits per heavy atom. The van der Waals surface area contributed by atoms with Crippen LogP contribution in [-0.4, -0.2) is 25.0 Å². The van der Waals surface area contributed by atoms with Crippen LogP contribution < -0.4 is 10.6 Å². The van der Waals surface area contributed by atoms with Gasteiger partial charge in [-0.3, -0.25) is 4.79 Å². The average Bonchev–Trinajstić information content (AvgIpc) is 1.87. The minimum absolute atomic E-state index is 0.126. The van der Waals surface area contributed by atoms with E-state index in [9.17, 15) is 4.79 Å². The molecule has 0 radical (unpaired) electrons. The van der Waals surface area contributed by atoms with Crippen LogP contribution >= 0.6 is 0 Å². The zero-order chi connectivity index (χ0) is 8.69. The van der Waals surface area contributed by atoms with Crippen LogP contribution in [0, 0.1) is 0 Å². The number of amides is 1. The van der Waals surface area contributed by atoms with E-state index in [2.05, 4.69) is 24.5 Å². The van der Waals surface area contributed by atoms with Gasteiger partial charge in [-0.05, 0) is 6.92 Å². The first-order chi connectivity index (χ1) is 5.16. The Hall–Kier alpha value is -0.570. The molecule has 0 aliphatic rings. The number of carbonyl (C=O) groups is 1. The summed E-state index contributed by atoms with van der Waals surface area (Å²) in [5.41, 5.74) is 0. The molecule has 0 fully saturated rings. The highest BCUT2D eigenvalue weighted by atomic mass is 16.1. The highest BCUT2D eigenvalue weighted by Crippen LogP contribution is 1.80. The molecular formula is C8H18N2O. The first-order valence-corrected chi connectivity index (χ1v) is 4.17. The van der Waals surface area contributed by atoms with Gasteiger partial charge in [0.1, 0.15) is 0 Å². The normalized spacial score (nSPS) is 10.2. The van der Waals surface area contributed by atoms with Crippen molar-refractivity contribution in [3.63, 3.8) is 0 Å². The minimum atomic E-state index is 0.126. The fraction of sp³-hybridized carbons (Fsp3) is 0.875. The van der Waals surface area contributed by atoms with Crippen LogP contribution in [0.15, 0.2) is 0 Å². The Balaban J connectivity index is 3.17. The summed E-state index contributed by atoms with van der Waals surface area (Å²) in [6, 6.07) is 0.462. The molecule has 0 saturated carbocycles. The number of rotatable bonds is 5. The maximum atomic E-state index is 10.9. The van der Waals surface area contributed by atoms with Crippen molar-refractivity contribution in [3.8, 4) is 0 Å². The first kappa shape index (κ1) is 10.4. The first-order valence-electron chi connectivity index (χ1n) is 4.17. The molecule has 0 heterocycles. The number of carbonyl (C=O) groups excluding carboxylic acids is 1. The Kier molecular flexibility index (Phi) is 5.84. The third-order valence-corrected chi connectivity index (χ3v) is 1.28. The second-order valence-corrected chi connectivity index (χ2v) is 2.81. The van der Waals surface area contributed by atoms with Gasteiger partial charge in [0.15, 0.2) is 0 Å². The molecule has 11 heavy (non-hydrogen) atoms. The molecule has 0 aromatic heterocycles. The molecule has 0 aliphatic heterocycles. The van der Waals surface area contributed by atoms with Crippen molar-refractivity contribution >= 4 is 5.91 Å². The summed E-state index contributed by atoms with van der Waals surface area (Å²) in [6.45, 7) is 7.55. The molecule has 66 valence electrons. The Labute approximate surface area is 68.6 Å². The molecule has 0 saturated heterocycles. The van der Waals surface area contributed by atoms with E-state index < -0.39 is 0 Å². The van der Waals surface area contributed by atoms with E-state index in [0.717, 1.165) is 13.1 Å². The molecule has 0 spiro atoms. The second kappa shape index (κ2) is 6.16. The topological polar surface area (TPSA) is 41.1 Å². The van der Waals surface area contributed by atoms with Crippen molar-refractivity contribution in [2.45, 2.75) is 33.2 Å². The lowest BCUT2D eigenvalue weighted by Crippen LogP contribution is -2.30. The molecule has 0 aliphatic carbocycles. The molecule has 0 atom stereocenters. The van der Waals surface area contributed by atoms with Crippen LogP contribution in [0.3, 0.4) is 0 Å². The third-order valence-electron chi connectivity index (χ3n) is 1.28. The van der Waals surface area contributed by atoms with Crippen LogP contribution in [0.5, 0.6) is 0 Å². The lowest BCUT2D eigenvalue weighted by atomic mass is 10.3. The van der Waals surface area contributed by atoms with Gasteiger partial charge in [0, 0.05) is 25.6 Å². The quantitative estimate of drug-likeness (QED) is 0.612. The molecule has 2 N–H and O–H groups in total. The summed E-state index contributed by atoms with van der Waals surface area (Å²) < 4.78 is 0. The predicted molar refractivity (Wildman–Crippen MR) is 46.4 cm³/mol. The number of hydrogen-bond acceptors (Lipinski definition) is 2. The molecule has 0 aromatic carbocycles. The third kappa shape index (κ3) is 7.33. The maximum Gasteiger partial charge on any atom is 0.221 e. The van der Waals surface area contributed by atoms with Crippen LogP contribution in [0.4, 0.5) is 0 Å². The summed E-state index contributed by atoms with van der Waals surface area (Å²) in [5, 5.41) is 5.91. The van der Waals surface area contributed by atoms with E-state index in [1.807, 2.05) is 6.92 Å². The van der Waals surface area contributed by atoms with Gasteiger partial charge in [-0.15, -0.1) is 0 Å². The van der Waals surface area contributed by atoms with Crippen molar-refractivity contribution in [2.24, 2.45) is 0 Å². The van der Waals surface area contributed by atoms with E-state index in [4.69, 9.17) is 0 Å². The van der Waals surface area contributed by atoms with Crippen molar-refractivity contribution < 1.29 is 4.79 Å². The predicted octanol–water partition coefficient (Wildman–Crippen LogP) is 0.511. The molecule has 3 nitrogen and oxygen atoms in total. The molecule has 0 aromatic rings. The summed E-state index contributed by atoms with van der Waals surface area (Å²) in [4.78, 5) is 10.9. The monoisotopic (exact) mass is 158 g/mol. The molecule has 0 rings (SSSR count). The van der Waals surface area contributed by atoms with Crippen LogP contribution in [-0.2, 0) is 4.79 Å². The molecule has 0 unspecified atom stereocenters. The van der Waals surface area contributed by atoms with Gasteiger partial charge >= 0.3 is 0 Å². The Morgan fingerprint density at radius 2 is 2.09 bits per heavy atom.